The van der Waals surface area contributed by atoms with Gasteiger partial charge in [0, 0.05) is 32.2 Å². The molecule has 0 radical (unpaired) electrons. The summed E-state index contributed by atoms with van der Waals surface area (Å²) in [5.41, 5.74) is -1.32. The summed E-state index contributed by atoms with van der Waals surface area (Å²) in [6.45, 7) is -0.0505. The maximum Gasteiger partial charge on any atom is 0.418 e. The van der Waals surface area contributed by atoms with Crippen LogP contribution in [-0.4, -0.2) is 64.1 Å². The number of carbonyl (C=O) groups excluding carboxylic acids is 1. The third-order valence-corrected chi connectivity index (χ3v) is 6.91. The van der Waals surface area contributed by atoms with Gasteiger partial charge in [-0.25, -0.2) is 13.2 Å². The van der Waals surface area contributed by atoms with Crippen molar-refractivity contribution in [1.29, 1.82) is 0 Å². The van der Waals surface area contributed by atoms with Crippen LogP contribution >= 0.6 is 0 Å². The number of nitrogens with zero attached hydrogens (tertiary/aromatic N) is 2. The third-order valence-electron chi connectivity index (χ3n) is 4.99. The highest BCUT2D eigenvalue weighted by atomic mass is 32.2. The van der Waals surface area contributed by atoms with Gasteiger partial charge in [-0.3, -0.25) is 0 Å². The number of halogens is 3. The van der Waals surface area contributed by atoms with Crippen molar-refractivity contribution in [2.75, 3.05) is 45.7 Å². The average Bonchev–Trinajstić information content (AvgIpc) is 2.78. The van der Waals surface area contributed by atoms with E-state index in [2.05, 4.69) is 5.32 Å². The molecule has 0 atom stereocenters. The average molecular weight is 473 g/mol. The SMILES string of the molecule is COc1ccc(OC)c(S(=O)(=O)N2CCN(C(=O)Nc3ccccc3C(F)(F)F)CC2)c1. The summed E-state index contributed by atoms with van der Waals surface area (Å²) >= 11 is 0. The second-order valence-corrected chi connectivity index (χ2v) is 8.79. The van der Waals surface area contributed by atoms with Crippen LogP contribution in [0, 0.1) is 0 Å². The van der Waals surface area contributed by atoms with E-state index in [9.17, 15) is 26.4 Å². The lowest BCUT2D eigenvalue weighted by Gasteiger charge is -2.34. The monoisotopic (exact) mass is 473 g/mol. The van der Waals surface area contributed by atoms with Gasteiger partial charge in [0.15, 0.2) is 0 Å². The Morgan fingerprint density at radius 1 is 1.00 bits per heavy atom. The quantitative estimate of drug-likeness (QED) is 0.720. The van der Waals surface area contributed by atoms with E-state index in [4.69, 9.17) is 9.47 Å². The minimum absolute atomic E-state index is 0.00549. The van der Waals surface area contributed by atoms with Crippen molar-refractivity contribution in [2.45, 2.75) is 11.1 Å². The molecule has 1 aliphatic heterocycles. The van der Waals surface area contributed by atoms with Crippen LogP contribution in [0.5, 0.6) is 11.5 Å². The normalized spacial score (nSPS) is 15.3. The third kappa shape index (κ3) is 4.91. The van der Waals surface area contributed by atoms with Gasteiger partial charge in [-0.2, -0.15) is 17.5 Å². The van der Waals surface area contributed by atoms with Crippen LogP contribution in [-0.2, 0) is 16.2 Å². The van der Waals surface area contributed by atoms with Crippen LogP contribution in [0.25, 0.3) is 0 Å². The smallest absolute Gasteiger partial charge is 0.418 e. The number of hydrogen-bond acceptors (Lipinski definition) is 5. The van der Waals surface area contributed by atoms with Crippen molar-refractivity contribution in [3.05, 3.63) is 48.0 Å². The first kappa shape index (κ1) is 23.7. The lowest BCUT2D eigenvalue weighted by Crippen LogP contribution is -2.51. The molecule has 0 spiro atoms. The molecule has 32 heavy (non-hydrogen) atoms. The molecule has 1 heterocycles. The first-order chi connectivity index (χ1) is 15.1. The minimum Gasteiger partial charge on any atom is -0.497 e. The van der Waals surface area contributed by atoms with Crippen LogP contribution in [0.15, 0.2) is 47.4 Å². The molecule has 8 nitrogen and oxygen atoms in total. The lowest BCUT2D eigenvalue weighted by atomic mass is 10.1. The Morgan fingerprint density at radius 2 is 1.66 bits per heavy atom. The van der Waals surface area contributed by atoms with Crippen molar-refractivity contribution >= 4 is 21.7 Å². The van der Waals surface area contributed by atoms with Crippen molar-refractivity contribution in [1.82, 2.24) is 9.21 Å². The number of anilines is 1. The molecule has 12 heteroatoms. The van der Waals surface area contributed by atoms with E-state index in [0.29, 0.717) is 5.75 Å². The molecule has 2 aromatic rings. The Morgan fingerprint density at radius 3 is 2.25 bits per heavy atom. The second-order valence-electron chi connectivity index (χ2n) is 6.88. The zero-order valence-corrected chi connectivity index (χ0v) is 18.2. The molecular formula is C20H22F3N3O5S. The Balaban J connectivity index is 1.71. The Bertz CT molecular complexity index is 1080. The molecule has 0 saturated carbocycles. The number of para-hydroxylation sites is 1. The molecule has 1 fully saturated rings. The zero-order chi connectivity index (χ0) is 23.5. The number of urea groups is 1. The van der Waals surface area contributed by atoms with Gasteiger partial charge in [0.05, 0.1) is 25.5 Å². The van der Waals surface area contributed by atoms with E-state index in [1.54, 1.807) is 6.07 Å². The summed E-state index contributed by atoms with van der Waals surface area (Å²) in [5, 5.41) is 2.27. The molecule has 174 valence electrons. The predicted octanol–water partition coefficient (Wildman–Crippen LogP) is 3.26. The van der Waals surface area contributed by atoms with Gasteiger partial charge in [-0.05, 0) is 24.3 Å². The van der Waals surface area contributed by atoms with Crippen molar-refractivity contribution in [3.8, 4) is 11.5 Å². The number of carbonyl (C=O) groups is 1. The summed E-state index contributed by atoms with van der Waals surface area (Å²) in [4.78, 5) is 13.7. The fourth-order valence-corrected chi connectivity index (χ4v) is 4.88. The molecule has 1 saturated heterocycles. The Labute approximate surface area is 183 Å². The number of nitrogens with one attached hydrogen (secondary N) is 1. The number of piperazine rings is 1. The summed E-state index contributed by atoms with van der Waals surface area (Å²) in [6.07, 6.45) is -4.62. The number of benzene rings is 2. The van der Waals surface area contributed by atoms with E-state index in [1.165, 1.54) is 47.7 Å². The summed E-state index contributed by atoms with van der Waals surface area (Å²) in [5.74, 6) is 0.487. The topological polar surface area (TPSA) is 88.2 Å². The van der Waals surface area contributed by atoms with Crippen LogP contribution in [0.3, 0.4) is 0 Å². The molecule has 0 aromatic heterocycles. The van der Waals surface area contributed by atoms with E-state index in [0.717, 1.165) is 12.1 Å². The van der Waals surface area contributed by atoms with E-state index in [1.807, 2.05) is 0 Å². The number of sulfonamides is 1. The van der Waals surface area contributed by atoms with Gasteiger partial charge in [0.2, 0.25) is 10.0 Å². The molecule has 1 aliphatic rings. The van der Waals surface area contributed by atoms with Crippen LogP contribution < -0.4 is 14.8 Å². The minimum atomic E-state index is -4.62. The highest BCUT2D eigenvalue weighted by Gasteiger charge is 2.35. The number of methoxy groups -OCH3 is 2. The summed E-state index contributed by atoms with van der Waals surface area (Å²) in [6, 6.07) is 8.32. The van der Waals surface area contributed by atoms with Crippen molar-refractivity contribution < 1.29 is 35.9 Å². The standard InChI is InChI=1S/C20H22F3N3O5S/c1-30-14-7-8-17(31-2)18(13-14)32(28,29)26-11-9-25(10-12-26)19(27)24-16-6-4-3-5-15(16)20(21,22)23/h3-8,13H,9-12H2,1-2H3,(H,24,27). The molecule has 2 amide bonds. The largest absolute Gasteiger partial charge is 0.497 e. The molecule has 3 rings (SSSR count). The summed E-state index contributed by atoms with van der Waals surface area (Å²) in [7, 11) is -1.19. The number of hydrogen-bond donors (Lipinski definition) is 1. The van der Waals surface area contributed by atoms with E-state index < -0.39 is 27.8 Å². The number of amides is 2. The van der Waals surface area contributed by atoms with Gasteiger partial charge in [0.25, 0.3) is 0 Å². The highest BCUT2D eigenvalue weighted by Crippen LogP contribution is 2.35. The molecule has 0 unspecified atom stereocenters. The maximum absolute atomic E-state index is 13.1. The lowest BCUT2D eigenvalue weighted by molar-refractivity contribution is -0.136. The van der Waals surface area contributed by atoms with Crippen LogP contribution in [0.2, 0.25) is 0 Å². The number of ether oxygens (including phenoxy) is 2. The van der Waals surface area contributed by atoms with Crippen molar-refractivity contribution in [2.24, 2.45) is 0 Å². The Kier molecular flexibility index (Phi) is 6.84. The van der Waals surface area contributed by atoms with Crippen LogP contribution in [0.4, 0.5) is 23.7 Å². The van der Waals surface area contributed by atoms with E-state index in [-0.39, 0.29) is 42.5 Å². The molecule has 0 bridgehead atoms. The Hall–Kier alpha value is -2.99. The van der Waals surface area contributed by atoms with Gasteiger partial charge in [0.1, 0.15) is 16.4 Å². The van der Waals surface area contributed by atoms with Crippen molar-refractivity contribution in [3.63, 3.8) is 0 Å². The van der Waals surface area contributed by atoms with Gasteiger partial charge >= 0.3 is 12.2 Å². The fourth-order valence-electron chi connectivity index (χ4n) is 3.29. The zero-order valence-electron chi connectivity index (χ0n) is 17.3. The molecule has 1 N–H and O–H groups in total. The molecule has 0 aliphatic carbocycles. The summed E-state index contributed by atoms with van der Waals surface area (Å²) < 4.78 is 77.1. The highest BCUT2D eigenvalue weighted by molar-refractivity contribution is 7.89. The van der Waals surface area contributed by atoms with Crippen LogP contribution in [0.1, 0.15) is 5.56 Å². The van der Waals surface area contributed by atoms with Gasteiger partial charge in [-0.1, -0.05) is 12.1 Å². The first-order valence-corrected chi connectivity index (χ1v) is 11.0. The fraction of sp³-hybridized carbons (Fsp3) is 0.350. The maximum atomic E-state index is 13.1. The predicted molar refractivity (Wildman–Crippen MR) is 110 cm³/mol. The number of alkyl halides is 3. The van der Waals surface area contributed by atoms with Gasteiger partial charge in [-0.15, -0.1) is 0 Å². The first-order valence-electron chi connectivity index (χ1n) is 9.52. The molecular weight excluding hydrogens is 451 g/mol. The van der Waals surface area contributed by atoms with Gasteiger partial charge < -0.3 is 19.7 Å². The second kappa shape index (κ2) is 9.25. The van der Waals surface area contributed by atoms with E-state index >= 15 is 0 Å². The number of rotatable bonds is 5. The molecule has 2 aromatic carbocycles.